The van der Waals surface area contributed by atoms with Gasteiger partial charge in [0.1, 0.15) is 0 Å². The molecule has 1 aromatic heterocycles. The van der Waals surface area contributed by atoms with Gasteiger partial charge in [0.15, 0.2) is 29.6 Å². The van der Waals surface area contributed by atoms with Gasteiger partial charge in [-0.25, -0.2) is 9.48 Å². The Hall–Kier alpha value is -4.21. The fraction of sp³-hybridized carbons (Fsp3) is 0.227. The first kappa shape index (κ1) is 21.0. The van der Waals surface area contributed by atoms with Crippen LogP contribution in [0.1, 0.15) is 34.7 Å². The largest absolute Gasteiger partial charge is 0.454 e. The molecule has 0 aliphatic carbocycles. The van der Waals surface area contributed by atoms with Crippen LogP contribution in [0.25, 0.3) is 10.8 Å². The Morgan fingerprint density at radius 2 is 1.81 bits per heavy atom. The first-order valence-electron chi connectivity index (χ1n) is 9.80. The number of anilines is 1. The number of amides is 1. The molecule has 2 aromatic carbocycles. The van der Waals surface area contributed by atoms with Crippen LogP contribution in [-0.4, -0.2) is 40.8 Å². The second-order valence-corrected chi connectivity index (χ2v) is 6.95. The number of aryl methyl sites for hydroxylation is 1. The molecule has 3 aromatic rings. The molecule has 0 bridgehead atoms. The lowest BCUT2D eigenvalue weighted by molar-refractivity contribution is -0.119. The zero-order valence-electron chi connectivity index (χ0n) is 17.3. The van der Waals surface area contributed by atoms with Gasteiger partial charge in [0, 0.05) is 23.6 Å². The Morgan fingerprint density at radius 3 is 2.50 bits per heavy atom. The first-order chi connectivity index (χ1) is 15.4. The zero-order chi connectivity index (χ0) is 22.8. The Bertz CT molecular complexity index is 1310. The summed E-state index contributed by atoms with van der Waals surface area (Å²) in [4.78, 5) is 49.4. The average Bonchev–Trinajstić information content (AvgIpc) is 3.24. The summed E-state index contributed by atoms with van der Waals surface area (Å²) in [5, 5.41) is 7.29. The number of hydrogen-bond acceptors (Lipinski definition) is 8. The van der Waals surface area contributed by atoms with E-state index in [0.29, 0.717) is 22.3 Å². The summed E-state index contributed by atoms with van der Waals surface area (Å²) in [5.74, 6) is -1.000. The number of carbonyl (C=O) groups is 3. The minimum Gasteiger partial charge on any atom is -0.454 e. The molecule has 32 heavy (non-hydrogen) atoms. The van der Waals surface area contributed by atoms with E-state index in [9.17, 15) is 19.2 Å². The van der Waals surface area contributed by atoms with Crippen molar-refractivity contribution in [1.29, 1.82) is 0 Å². The maximum Gasteiger partial charge on any atom is 0.359 e. The predicted octanol–water partition coefficient (Wildman–Crippen LogP) is 2.14. The van der Waals surface area contributed by atoms with Crippen LogP contribution in [0.5, 0.6) is 11.5 Å². The number of hydrogen-bond donors (Lipinski definition) is 1. The third-order valence-corrected chi connectivity index (χ3v) is 4.86. The molecule has 164 valence electrons. The number of nitrogens with zero attached hydrogens (tertiary/aromatic N) is 2. The molecule has 1 N–H and O–H groups in total. The maximum atomic E-state index is 12.7. The minimum atomic E-state index is -0.851. The number of benzene rings is 2. The second-order valence-electron chi connectivity index (χ2n) is 6.95. The predicted molar refractivity (Wildman–Crippen MR) is 113 cm³/mol. The van der Waals surface area contributed by atoms with Crippen LogP contribution >= 0.6 is 0 Å². The third-order valence-electron chi connectivity index (χ3n) is 4.86. The van der Waals surface area contributed by atoms with Crippen molar-refractivity contribution < 1.29 is 28.6 Å². The average molecular weight is 437 g/mol. The van der Waals surface area contributed by atoms with Crippen LogP contribution in [-0.2, 0) is 16.1 Å². The van der Waals surface area contributed by atoms with E-state index >= 15 is 0 Å². The SMILES string of the molecule is CCn1nc(C(=O)OCC(=O)Nc2cc3c(cc2C(C)=O)OCO3)c2ccccc2c1=O. The highest BCUT2D eigenvalue weighted by molar-refractivity contribution is 6.06. The number of rotatable bonds is 6. The molecule has 1 aliphatic heterocycles. The lowest BCUT2D eigenvalue weighted by atomic mass is 10.1. The number of aromatic nitrogens is 2. The van der Waals surface area contributed by atoms with Crippen molar-refractivity contribution in [3.8, 4) is 11.5 Å². The molecule has 4 rings (SSSR count). The minimum absolute atomic E-state index is 0.0164. The topological polar surface area (TPSA) is 126 Å². The van der Waals surface area contributed by atoms with Gasteiger partial charge in [0.2, 0.25) is 6.79 Å². The van der Waals surface area contributed by atoms with Crippen LogP contribution in [0.3, 0.4) is 0 Å². The summed E-state index contributed by atoms with van der Waals surface area (Å²) in [6, 6.07) is 9.50. The Kier molecular flexibility index (Phi) is 5.59. The second kappa shape index (κ2) is 8.50. The molecule has 0 saturated heterocycles. The summed E-state index contributed by atoms with van der Waals surface area (Å²) in [6.07, 6.45) is 0. The van der Waals surface area contributed by atoms with Crippen molar-refractivity contribution >= 4 is 34.1 Å². The zero-order valence-corrected chi connectivity index (χ0v) is 17.3. The molecule has 1 amide bonds. The molecule has 0 saturated carbocycles. The highest BCUT2D eigenvalue weighted by atomic mass is 16.7. The van der Waals surface area contributed by atoms with Gasteiger partial charge in [-0.2, -0.15) is 5.10 Å². The van der Waals surface area contributed by atoms with Gasteiger partial charge in [0.25, 0.3) is 11.5 Å². The molecule has 10 nitrogen and oxygen atoms in total. The van der Waals surface area contributed by atoms with E-state index in [1.165, 1.54) is 19.1 Å². The van der Waals surface area contributed by atoms with E-state index in [-0.39, 0.29) is 41.6 Å². The van der Waals surface area contributed by atoms with Gasteiger partial charge in [-0.3, -0.25) is 14.4 Å². The van der Waals surface area contributed by atoms with E-state index in [0.717, 1.165) is 4.68 Å². The van der Waals surface area contributed by atoms with Crippen molar-refractivity contribution in [1.82, 2.24) is 9.78 Å². The van der Waals surface area contributed by atoms with E-state index in [4.69, 9.17) is 14.2 Å². The number of Topliss-reactive ketones (excluding diaryl/α,β-unsaturated/α-hetero) is 1. The van der Waals surface area contributed by atoms with E-state index in [2.05, 4.69) is 10.4 Å². The maximum absolute atomic E-state index is 12.7. The monoisotopic (exact) mass is 437 g/mol. The normalized spacial score (nSPS) is 11.9. The highest BCUT2D eigenvalue weighted by Gasteiger charge is 2.22. The quantitative estimate of drug-likeness (QED) is 0.459. The molecular formula is C22H19N3O7. The number of ether oxygens (including phenoxy) is 3. The number of nitrogens with one attached hydrogen (secondary N) is 1. The van der Waals surface area contributed by atoms with Crippen LogP contribution < -0.4 is 20.3 Å². The molecule has 0 fully saturated rings. The standard InChI is InChI=1S/C22H19N3O7/c1-3-25-21(28)14-7-5-4-6-13(14)20(24-25)22(29)30-10-19(27)23-16-9-18-17(31-11-32-18)8-15(16)12(2)26/h4-9H,3,10-11H2,1-2H3,(H,23,27). The van der Waals surface area contributed by atoms with Crippen molar-refractivity contribution in [2.75, 3.05) is 18.7 Å². The number of esters is 1. The summed E-state index contributed by atoms with van der Waals surface area (Å²) in [6.45, 7) is 2.74. The van der Waals surface area contributed by atoms with E-state index in [1.54, 1.807) is 31.2 Å². The van der Waals surface area contributed by atoms with Crippen molar-refractivity contribution in [2.24, 2.45) is 0 Å². The van der Waals surface area contributed by atoms with Gasteiger partial charge in [-0.15, -0.1) is 0 Å². The summed E-state index contributed by atoms with van der Waals surface area (Å²) < 4.78 is 16.8. The van der Waals surface area contributed by atoms with Crippen molar-refractivity contribution in [2.45, 2.75) is 20.4 Å². The Labute approximate surface area is 181 Å². The van der Waals surface area contributed by atoms with Crippen LogP contribution in [0, 0.1) is 0 Å². The number of carbonyl (C=O) groups excluding carboxylic acids is 3. The van der Waals surface area contributed by atoms with E-state index in [1.807, 2.05) is 0 Å². The summed E-state index contributed by atoms with van der Waals surface area (Å²) >= 11 is 0. The Morgan fingerprint density at radius 1 is 1.12 bits per heavy atom. The third kappa shape index (κ3) is 3.89. The molecule has 0 atom stereocenters. The molecule has 2 heterocycles. The van der Waals surface area contributed by atoms with Crippen molar-refractivity contribution in [3.63, 3.8) is 0 Å². The van der Waals surface area contributed by atoms with E-state index < -0.39 is 18.5 Å². The van der Waals surface area contributed by atoms with Crippen LogP contribution in [0.15, 0.2) is 41.2 Å². The lowest BCUT2D eigenvalue weighted by Gasteiger charge is -2.12. The molecule has 10 heteroatoms. The number of fused-ring (bicyclic) bond motifs is 2. The van der Waals surface area contributed by atoms with Gasteiger partial charge in [0.05, 0.1) is 11.1 Å². The highest BCUT2D eigenvalue weighted by Crippen LogP contribution is 2.37. The summed E-state index contributed by atoms with van der Waals surface area (Å²) in [5.41, 5.74) is 0.0573. The smallest absolute Gasteiger partial charge is 0.359 e. The first-order valence-corrected chi connectivity index (χ1v) is 9.80. The van der Waals surface area contributed by atoms with Gasteiger partial charge in [-0.1, -0.05) is 18.2 Å². The van der Waals surface area contributed by atoms with Gasteiger partial charge in [-0.05, 0) is 26.0 Å². The van der Waals surface area contributed by atoms with Crippen molar-refractivity contribution in [3.05, 3.63) is 58.0 Å². The molecule has 0 unspecified atom stereocenters. The molecular weight excluding hydrogens is 418 g/mol. The Balaban J connectivity index is 1.52. The van der Waals surface area contributed by atoms with Crippen LogP contribution in [0.2, 0.25) is 0 Å². The van der Waals surface area contributed by atoms with Crippen LogP contribution in [0.4, 0.5) is 5.69 Å². The fourth-order valence-corrected chi connectivity index (χ4v) is 3.32. The fourth-order valence-electron chi connectivity index (χ4n) is 3.32. The lowest BCUT2D eigenvalue weighted by Crippen LogP contribution is -2.27. The molecule has 1 aliphatic rings. The summed E-state index contributed by atoms with van der Waals surface area (Å²) in [7, 11) is 0. The number of ketones is 1. The molecule has 0 spiro atoms. The molecule has 0 radical (unpaired) electrons. The van der Waals surface area contributed by atoms with Gasteiger partial charge >= 0.3 is 5.97 Å². The van der Waals surface area contributed by atoms with Gasteiger partial charge < -0.3 is 19.5 Å².